The van der Waals surface area contributed by atoms with E-state index in [0.29, 0.717) is 10.8 Å². The molecule has 6 heteroatoms. The number of benzene rings is 2. The summed E-state index contributed by atoms with van der Waals surface area (Å²) in [5.74, 6) is 0.431. The fourth-order valence-electron chi connectivity index (χ4n) is 3.25. The molecule has 1 fully saturated rings. The van der Waals surface area contributed by atoms with Crippen molar-refractivity contribution < 1.29 is 13.2 Å². The molecule has 0 radical (unpaired) electrons. The lowest BCUT2D eigenvalue weighted by atomic mass is 9.99. The van der Waals surface area contributed by atoms with Gasteiger partial charge < -0.3 is 4.74 Å². The standard InChI is InChI=1S/C22H30N2O3S/c1-3-18(2)21-8-10-22(11-9-21)28(25,26)23-16-19-4-6-20(7-5-19)17-24-12-14-27-15-13-24/h4-11,18,23H,3,12-17H2,1-2H3. The lowest BCUT2D eigenvalue weighted by Gasteiger charge is -2.26. The molecule has 1 N–H and O–H groups in total. The quantitative estimate of drug-likeness (QED) is 0.734. The van der Waals surface area contributed by atoms with Crippen molar-refractivity contribution in [2.45, 2.75) is 44.2 Å². The van der Waals surface area contributed by atoms with E-state index in [0.717, 1.165) is 50.4 Å². The van der Waals surface area contributed by atoms with Gasteiger partial charge in [-0.1, -0.05) is 50.2 Å². The van der Waals surface area contributed by atoms with Crippen LogP contribution in [0.25, 0.3) is 0 Å². The molecular weight excluding hydrogens is 372 g/mol. The summed E-state index contributed by atoms with van der Waals surface area (Å²) in [6.07, 6.45) is 1.03. The Labute approximate surface area is 168 Å². The predicted molar refractivity (Wildman–Crippen MR) is 112 cm³/mol. The molecule has 1 aliphatic heterocycles. The Balaban J connectivity index is 1.56. The molecule has 1 heterocycles. The van der Waals surface area contributed by atoms with E-state index in [1.807, 2.05) is 24.3 Å². The second-order valence-electron chi connectivity index (χ2n) is 7.41. The molecule has 1 aliphatic rings. The van der Waals surface area contributed by atoms with Gasteiger partial charge in [0.25, 0.3) is 0 Å². The van der Waals surface area contributed by atoms with E-state index in [1.165, 1.54) is 5.56 Å². The minimum atomic E-state index is -3.51. The van der Waals surface area contributed by atoms with Crippen LogP contribution in [0.5, 0.6) is 0 Å². The molecule has 0 aromatic heterocycles. The van der Waals surface area contributed by atoms with Crippen LogP contribution in [-0.2, 0) is 27.8 Å². The van der Waals surface area contributed by atoms with E-state index in [4.69, 9.17) is 4.74 Å². The maximum Gasteiger partial charge on any atom is 0.240 e. The predicted octanol–water partition coefficient (Wildman–Crippen LogP) is 3.51. The molecule has 1 atom stereocenters. The number of nitrogens with one attached hydrogen (secondary N) is 1. The number of morpholine rings is 1. The monoisotopic (exact) mass is 402 g/mol. The number of hydrogen-bond donors (Lipinski definition) is 1. The minimum absolute atomic E-state index is 0.285. The minimum Gasteiger partial charge on any atom is -0.379 e. The van der Waals surface area contributed by atoms with Crippen LogP contribution in [0.2, 0.25) is 0 Å². The van der Waals surface area contributed by atoms with Crippen molar-refractivity contribution in [2.75, 3.05) is 26.3 Å². The molecular formula is C22H30N2O3S. The third-order valence-corrected chi connectivity index (χ3v) is 6.79. The van der Waals surface area contributed by atoms with Crippen LogP contribution in [0.3, 0.4) is 0 Å². The van der Waals surface area contributed by atoms with Crippen molar-refractivity contribution in [3.63, 3.8) is 0 Å². The zero-order chi connectivity index (χ0) is 20.0. The highest BCUT2D eigenvalue weighted by molar-refractivity contribution is 7.89. The molecule has 0 spiro atoms. The number of sulfonamides is 1. The molecule has 0 bridgehead atoms. The van der Waals surface area contributed by atoms with Crippen LogP contribution in [0.15, 0.2) is 53.4 Å². The van der Waals surface area contributed by atoms with Crippen LogP contribution in [-0.4, -0.2) is 39.6 Å². The SMILES string of the molecule is CCC(C)c1ccc(S(=O)(=O)NCc2ccc(CN3CCOCC3)cc2)cc1. The molecule has 2 aromatic rings. The molecule has 152 valence electrons. The maximum absolute atomic E-state index is 12.6. The van der Waals surface area contributed by atoms with Crippen molar-refractivity contribution in [2.24, 2.45) is 0 Å². The average Bonchev–Trinajstić information content (AvgIpc) is 2.73. The first-order chi connectivity index (χ1) is 13.5. The first kappa shape index (κ1) is 21.0. The lowest BCUT2D eigenvalue weighted by Crippen LogP contribution is -2.35. The Kier molecular flexibility index (Phi) is 7.24. The molecule has 0 amide bonds. The van der Waals surface area contributed by atoms with Crippen molar-refractivity contribution in [3.8, 4) is 0 Å². The first-order valence-electron chi connectivity index (χ1n) is 9.95. The van der Waals surface area contributed by atoms with Gasteiger partial charge in [0.2, 0.25) is 10.0 Å². The molecule has 3 rings (SSSR count). The Morgan fingerprint density at radius 3 is 2.21 bits per heavy atom. The van der Waals surface area contributed by atoms with Gasteiger partial charge in [0.1, 0.15) is 0 Å². The molecule has 5 nitrogen and oxygen atoms in total. The van der Waals surface area contributed by atoms with Gasteiger partial charge in [0, 0.05) is 26.2 Å². The largest absolute Gasteiger partial charge is 0.379 e. The van der Waals surface area contributed by atoms with Crippen LogP contribution < -0.4 is 4.72 Å². The van der Waals surface area contributed by atoms with Crippen molar-refractivity contribution >= 4 is 10.0 Å². The molecule has 1 saturated heterocycles. The summed E-state index contributed by atoms with van der Waals surface area (Å²) in [4.78, 5) is 2.67. The van der Waals surface area contributed by atoms with E-state index in [9.17, 15) is 8.42 Å². The van der Waals surface area contributed by atoms with Gasteiger partial charge in [0.05, 0.1) is 18.1 Å². The smallest absolute Gasteiger partial charge is 0.240 e. The zero-order valence-electron chi connectivity index (χ0n) is 16.7. The van der Waals surface area contributed by atoms with E-state index >= 15 is 0 Å². The highest BCUT2D eigenvalue weighted by Crippen LogP contribution is 2.20. The fourth-order valence-corrected chi connectivity index (χ4v) is 4.27. The Morgan fingerprint density at radius 1 is 1.00 bits per heavy atom. The third kappa shape index (κ3) is 5.64. The zero-order valence-corrected chi connectivity index (χ0v) is 17.5. The van der Waals surface area contributed by atoms with E-state index < -0.39 is 10.0 Å². The van der Waals surface area contributed by atoms with Gasteiger partial charge in [-0.25, -0.2) is 13.1 Å². The molecule has 28 heavy (non-hydrogen) atoms. The summed E-state index contributed by atoms with van der Waals surface area (Å²) in [5, 5.41) is 0. The Morgan fingerprint density at radius 2 is 1.61 bits per heavy atom. The summed E-state index contributed by atoms with van der Waals surface area (Å²) in [5.41, 5.74) is 3.34. The number of rotatable bonds is 8. The highest BCUT2D eigenvalue weighted by Gasteiger charge is 2.15. The van der Waals surface area contributed by atoms with Crippen LogP contribution in [0, 0.1) is 0 Å². The van der Waals surface area contributed by atoms with Gasteiger partial charge in [-0.05, 0) is 41.2 Å². The summed E-state index contributed by atoms with van der Waals surface area (Å²) in [6, 6.07) is 15.3. The van der Waals surface area contributed by atoms with Gasteiger partial charge in [-0.15, -0.1) is 0 Å². The average molecular weight is 403 g/mol. The van der Waals surface area contributed by atoms with Crippen molar-refractivity contribution in [1.82, 2.24) is 9.62 Å². The van der Waals surface area contributed by atoms with Gasteiger partial charge in [-0.2, -0.15) is 0 Å². The highest BCUT2D eigenvalue weighted by atomic mass is 32.2. The van der Waals surface area contributed by atoms with Crippen LogP contribution >= 0.6 is 0 Å². The summed E-state index contributed by atoms with van der Waals surface area (Å²) in [7, 11) is -3.51. The fraction of sp³-hybridized carbons (Fsp3) is 0.455. The van der Waals surface area contributed by atoms with Crippen molar-refractivity contribution in [3.05, 3.63) is 65.2 Å². The third-order valence-electron chi connectivity index (χ3n) is 5.37. The topological polar surface area (TPSA) is 58.6 Å². The van der Waals surface area contributed by atoms with Crippen LogP contribution in [0.4, 0.5) is 0 Å². The van der Waals surface area contributed by atoms with E-state index in [1.54, 1.807) is 12.1 Å². The molecule has 0 aliphatic carbocycles. The molecule has 2 aromatic carbocycles. The maximum atomic E-state index is 12.6. The van der Waals surface area contributed by atoms with E-state index in [2.05, 4.69) is 35.6 Å². The second-order valence-corrected chi connectivity index (χ2v) is 9.17. The van der Waals surface area contributed by atoms with Gasteiger partial charge in [0.15, 0.2) is 0 Å². The molecule has 0 saturated carbocycles. The second kappa shape index (κ2) is 9.65. The van der Waals surface area contributed by atoms with Gasteiger partial charge in [-0.3, -0.25) is 4.90 Å². The number of hydrogen-bond acceptors (Lipinski definition) is 4. The summed E-state index contributed by atoms with van der Waals surface area (Å²) >= 11 is 0. The van der Waals surface area contributed by atoms with E-state index in [-0.39, 0.29) is 6.54 Å². The summed E-state index contributed by atoms with van der Waals surface area (Å²) in [6.45, 7) is 8.95. The lowest BCUT2D eigenvalue weighted by molar-refractivity contribution is 0.0342. The first-order valence-corrected chi connectivity index (χ1v) is 11.4. The number of ether oxygens (including phenoxy) is 1. The summed E-state index contributed by atoms with van der Waals surface area (Å²) < 4.78 is 33.2. The normalized spacial score (nSPS) is 16.8. The number of nitrogens with zero attached hydrogens (tertiary/aromatic N) is 1. The Hall–Kier alpha value is -1.73. The molecule has 1 unspecified atom stereocenters. The van der Waals surface area contributed by atoms with Crippen molar-refractivity contribution in [1.29, 1.82) is 0 Å². The Bertz CT molecular complexity index is 842. The van der Waals surface area contributed by atoms with Gasteiger partial charge >= 0.3 is 0 Å². The van der Waals surface area contributed by atoms with Crippen LogP contribution in [0.1, 0.15) is 42.9 Å².